The quantitative estimate of drug-likeness (QED) is 0.880. The molecule has 8 heteroatoms. The summed E-state index contributed by atoms with van der Waals surface area (Å²) >= 11 is 0. The predicted octanol–water partition coefficient (Wildman–Crippen LogP) is 2.17. The molecule has 1 atom stereocenters. The van der Waals surface area contributed by atoms with Crippen LogP contribution < -0.4 is 10.2 Å². The van der Waals surface area contributed by atoms with Crippen molar-refractivity contribution in [3.63, 3.8) is 0 Å². The summed E-state index contributed by atoms with van der Waals surface area (Å²) < 4.78 is 20.1. The summed E-state index contributed by atoms with van der Waals surface area (Å²) in [5.74, 6) is -0.686. The Balaban J connectivity index is 1.64. The lowest BCUT2D eigenvalue weighted by molar-refractivity contribution is -0.119. The van der Waals surface area contributed by atoms with Gasteiger partial charge < -0.3 is 10.1 Å². The Bertz CT molecular complexity index is 879. The molecule has 1 fully saturated rings. The molecule has 1 unspecified atom stereocenters. The highest BCUT2D eigenvalue weighted by Gasteiger charge is 2.34. The minimum Gasteiger partial charge on any atom is -0.442 e. The lowest BCUT2D eigenvalue weighted by Gasteiger charge is -2.17. The van der Waals surface area contributed by atoms with Crippen molar-refractivity contribution in [3.05, 3.63) is 35.3 Å². The third-order valence-electron chi connectivity index (χ3n) is 4.80. The number of carbonyl (C=O) groups excluding carboxylic acids is 2. The van der Waals surface area contributed by atoms with Gasteiger partial charge in [-0.3, -0.25) is 14.8 Å². The van der Waals surface area contributed by atoms with Crippen LogP contribution in [0.25, 0.3) is 11.3 Å². The summed E-state index contributed by atoms with van der Waals surface area (Å²) in [5, 5.41) is 9.63. The fourth-order valence-corrected chi connectivity index (χ4v) is 3.54. The van der Waals surface area contributed by atoms with Crippen molar-refractivity contribution in [1.29, 1.82) is 0 Å². The van der Waals surface area contributed by atoms with Gasteiger partial charge in [0.25, 0.3) is 0 Å². The number of amides is 2. The summed E-state index contributed by atoms with van der Waals surface area (Å²) in [6, 6.07) is 3.18. The molecule has 4 rings (SSSR count). The summed E-state index contributed by atoms with van der Waals surface area (Å²) in [5.41, 5.74) is 3.89. The number of fused-ring (bicyclic) bond motifs is 3. The first-order chi connectivity index (χ1) is 12.5. The molecule has 1 aliphatic heterocycles. The van der Waals surface area contributed by atoms with Gasteiger partial charge >= 0.3 is 6.09 Å². The van der Waals surface area contributed by atoms with Crippen molar-refractivity contribution >= 4 is 17.7 Å². The van der Waals surface area contributed by atoms with Gasteiger partial charge in [0.15, 0.2) is 0 Å². The number of aromatic amines is 1. The summed E-state index contributed by atoms with van der Waals surface area (Å²) in [7, 11) is 0. The zero-order valence-electron chi connectivity index (χ0n) is 14.3. The minimum atomic E-state index is -0.602. The number of aromatic nitrogens is 2. The van der Waals surface area contributed by atoms with Crippen LogP contribution in [0.1, 0.15) is 24.5 Å². The lowest BCUT2D eigenvalue weighted by atomic mass is 10.0. The van der Waals surface area contributed by atoms with Crippen molar-refractivity contribution in [2.75, 3.05) is 18.0 Å². The molecule has 1 aliphatic carbocycles. The van der Waals surface area contributed by atoms with E-state index in [0.717, 1.165) is 41.6 Å². The summed E-state index contributed by atoms with van der Waals surface area (Å²) in [4.78, 5) is 24.5. The van der Waals surface area contributed by atoms with Crippen LogP contribution in [0, 0.1) is 5.82 Å². The number of H-pyrrole nitrogens is 1. The highest BCUT2D eigenvalue weighted by Crippen LogP contribution is 2.36. The van der Waals surface area contributed by atoms with Crippen molar-refractivity contribution < 1.29 is 18.7 Å². The van der Waals surface area contributed by atoms with Crippen molar-refractivity contribution in [2.45, 2.75) is 32.3 Å². The molecule has 1 aromatic carbocycles. The number of nitrogens with zero attached hydrogens (tertiary/aromatic N) is 2. The maximum absolute atomic E-state index is 14.8. The number of halogens is 1. The van der Waals surface area contributed by atoms with Gasteiger partial charge in [-0.15, -0.1) is 0 Å². The number of benzene rings is 1. The minimum absolute atomic E-state index is 0.199. The number of rotatable bonds is 3. The van der Waals surface area contributed by atoms with E-state index in [1.165, 1.54) is 17.9 Å². The number of hydrogen-bond acceptors (Lipinski definition) is 4. The summed E-state index contributed by atoms with van der Waals surface area (Å²) in [6.45, 7) is 1.80. The van der Waals surface area contributed by atoms with Gasteiger partial charge in [-0.1, -0.05) is 0 Å². The first kappa shape index (κ1) is 16.6. The Morgan fingerprint density at radius 3 is 3.04 bits per heavy atom. The number of aryl methyl sites for hydroxylation is 2. The number of cyclic esters (lactones) is 1. The van der Waals surface area contributed by atoms with E-state index in [9.17, 15) is 14.0 Å². The Labute approximate surface area is 149 Å². The number of ether oxygens (including phenoxy) is 1. The highest BCUT2D eigenvalue weighted by atomic mass is 19.1. The summed E-state index contributed by atoms with van der Waals surface area (Å²) in [6.07, 6.45) is 3.28. The molecule has 2 amide bonds. The van der Waals surface area contributed by atoms with E-state index in [2.05, 4.69) is 15.5 Å². The molecule has 2 aromatic rings. The Morgan fingerprint density at radius 1 is 1.42 bits per heavy atom. The molecular weight excluding hydrogens is 339 g/mol. The zero-order valence-corrected chi connectivity index (χ0v) is 14.3. The highest BCUT2D eigenvalue weighted by molar-refractivity contribution is 5.91. The van der Waals surface area contributed by atoms with Crippen LogP contribution in [0.5, 0.6) is 0 Å². The Morgan fingerprint density at radius 2 is 2.23 bits per heavy atom. The van der Waals surface area contributed by atoms with Gasteiger partial charge in [-0.05, 0) is 42.5 Å². The van der Waals surface area contributed by atoms with Gasteiger partial charge in [-0.2, -0.15) is 5.10 Å². The van der Waals surface area contributed by atoms with Crippen molar-refractivity contribution in [2.24, 2.45) is 0 Å². The Kier molecular flexibility index (Phi) is 4.10. The number of carbonyl (C=O) groups is 2. The van der Waals surface area contributed by atoms with Crippen LogP contribution in [0.3, 0.4) is 0 Å². The molecule has 0 saturated carbocycles. The third-order valence-corrected chi connectivity index (χ3v) is 4.80. The van der Waals surface area contributed by atoms with Gasteiger partial charge in [0.1, 0.15) is 11.9 Å². The standard InChI is InChI=1S/C18H19FN4O3/c1-10(24)20-8-13-9-23(18(25)26-13)16-5-11-3-2-4-12-7-21-22-17(12)14(11)6-15(16)19/h5-7,13H,2-4,8-9H2,1H3,(H,20,24)(H,21,22). The van der Waals surface area contributed by atoms with Crippen LogP contribution in [0.15, 0.2) is 18.3 Å². The lowest BCUT2D eigenvalue weighted by Crippen LogP contribution is -2.33. The molecule has 2 aliphatic rings. The van der Waals surface area contributed by atoms with E-state index >= 15 is 0 Å². The number of anilines is 1. The molecule has 0 spiro atoms. The zero-order chi connectivity index (χ0) is 18.3. The second-order valence-corrected chi connectivity index (χ2v) is 6.64. The molecule has 7 nitrogen and oxygen atoms in total. The molecule has 0 radical (unpaired) electrons. The van der Waals surface area contributed by atoms with Crippen LogP contribution in [0.4, 0.5) is 14.9 Å². The van der Waals surface area contributed by atoms with Gasteiger partial charge in [-0.25, -0.2) is 9.18 Å². The molecule has 2 N–H and O–H groups in total. The van der Waals surface area contributed by atoms with Crippen molar-refractivity contribution in [3.8, 4) is 11.3 Å². The predicted molar refractivity (Wildman–Crippen MR) is 92.3 cm³/mol. The van der Waals surface area contributed by atoms with Crippen LogP contribution in [0.2, 0.25) is 0 Å². The number of hydrogen-bond donors (Lipinski definition) is 2. The van der Waals surface area contributed by atoms with E-state index in [4.69, 9.17) is 4.74 Å². The maximum Gasteiger partial charge on any atom is 0.414 e. The van der Waals surface area contributed by atoms with E-state index in [1.54, 1.807) is 12.3 Å². The number of nitrogens with one attached hydrogen (secondary N) is 2. The molecular formula is C18H19FN4O3. The van der Waals surface area contributed by atoms with Crippen LogP contribution in [-0.4, -0.2) is 41.4 Å². The van der Waals surface area contributed by atoms with Gasteiger partial charge in [0.2, 0.25) is 5.91 Å². The van der Waals surface area contributed by atoms with Crippen LogP contribution in [-0.2, 0) is 22.4 Å². The van der Waals surface area contributed by atoms with E-state index in [0.29, 0.717) is 0 Å². The molecule has 26 heavy (non-hydrogen) atoms. The average molecular weight is 358 g/mol. The van der Waals surface area contributed by atoms with Crippen molar-refractivity contribution in [1.82, 2.24) is 15.5 Å². The van der Waals surface area contributed by atoms with Gasteiger partial charge in [0, 0.05) is 12.5 Å². The first-order valence-corrected chi connectivity index (χ1v) is 8.60. The normalized spacial score (nSPS) is 18.8. The second-order valence-electron chi connectivity index (χ2n) is 6.64. The Hall–Kier alpha value is -2.90. The van der Waals surface area contributed by atoms with E-state index in [-0.39, 0.29) is 24.7 Å². The second kappa shape index (κ2) is 6.44. The first-order valence-electron chi connectivity index (χ1n) is 8.60. The van der Waals surface area contributed by atoms with E-state index in [1.807, 2.05) is 0 Å². The van der Waals surface area contributed by atoms with Crippen LogP contribution >= 0.6 is 0 Å². The van der Waals surface area contributed by atoms with E-state index < -0.39 is 18.0 Å². The molecule has 1 aromatic heterocycles. The fraction of sp³-hybridized carbons (Fsp3) is 0.389. The SMILES string of the molecule is CC(=O)NCC1CN(c2cc3c(cc2F)-c2[nH]ncc2CCC3)C(=O)O1. The smallest absolute Gasteiger partial charge is 0.414 e. The molecule has 0 bridgehead atoms. The largest absolute Gasteiger partial charge is 0.442 e. The molecule has 1 saturated heterocycles. The average Bonchev–Trinajstić information content (AvgIpc) is 3.17. The monoisotopic (exact) mass is 358 g/mol. The molecule has 136 valence electrons. The topological polar surface area (TPSA) is 87.3 Å². The maximum atomic E-state index is 14.8. The third kappa shape index (κ3) is 2.91. The fourth-order valence-electron chi connectivity index (χ4n) is 3.54. The van der Waals surface area contributed by atoms with Gasteiger partial charge in [0.05, 0.1) is 30.7 Å². The molecule has 2 heterocycles.